The van der Waals surface area contributed by atoms with Crippen molar-refractivity contribution in [3.63, 3.8) is 0 Å². The first-order valence-corrected chi connectivity index (χ1v) is 7.72. The van der Waals surface area contributed by atoms with Gasteiger partial charge in [0.15, 0.2) is 0 Å². The number of rotatable bonds is 13. The van der Waals surface area contributed by atoms with E-state index in [2.05, 4.69) is 30.2 Å². The van der Waals surface area contributed by atoms with Crippen LogP contribution in [0.4, 0.5) is 0 Å². The second-order valence-electron chi connectivity index (χ2n) is 4.98. The van der Waals surface area contributed by atoms with E-state index in [0.717, 1.165) is 51.4 Å². The van der Waals surface area contributed by atoms with Crippen molar-refractivity contribution in [3.05, 3.63) is 24.3 Å². The Balaban J connectivity index is 3.20. The Hall–Kier alpha value is -1.49. The molecule has 0 heterocycles. The van der Waals surface area contributed by atoms with E-state index in [9.17, 15) is 4.79 Å². The van der Waals surface area contributed by atoms with E-state index in [1.165, 1.54) is 12.8 Å². The molecular weight excluding hydrogens is 248 g/mol. The predicted octanol–water partition coefficient (Wildman–Crippen LogP) is 5.11. The van der Waals surface area contributed by atoms with Crippen molar-refractivity contribution in [2.75, 3.05) is 0 Å². The third-order valence-electron chi connectivity index (χ3n) is 3.06. The summed E-state index contributed by atoms with van der Waals surface area (Å²) in [5, 5.41) is 8.49. The molecule has 0 bridgehead atoms. The van der Waals surface area contributed by atoms with Crippen molar-refractivity contribution in [1.82, 2.24) is 0 Å². The third-order valence-corrected chi connectivity index (χ3v) is 3.06. The first-order valence-electron chi connectivity index (χ1n) is 7.72. The van der Waals surface area contributed by atoms with Gasteiger partial charge in [0, 0.05) is 12.8 Å². The molecular formula is C18H28O2. The summed E-state index contributed by atoms with van der Waals surface area (Å²) in [6.07, 6.45) is 24.9. The Morgan fingerprint density at radius 1 is 0.900 bits per heavy atom. The second kappa shape index (κ2) is 15.6. The molecule has 0 aliphatic carbocycles. The zero-order valence-corrected chi connectivity index (χ0v) is 12.5. The van der Waals surface area contributed by atoms with Crippen LogP contribution in [0.25, 0.3) is 0 Å². The molecule has 2 nitrogen and oxygen atoms in total. The van der Waals surface area contributed by atoms with Crippen molar-refractivity contribution in [2.45, 2.75) is 70.6 Å². The van der Waals surface area contributed by atoms with Gasteiger partial charge in [-0.25, -0.2) is 0 Å². The van der Waals surface area contributed by atoms with E-state index in [4.69, 9.17) is 11.5 Å². The molecule has 0 aromatic rings. The van der Waals surface area contributed by atoms with Crippen LogP contribution in [0, 0.1) is 12.3 Å². The van der Waals surface area contributed by atoms with Crippen LogP contribution < -0.4 is 0 Å². The topological polar surface area (TPSA) is 37.3 Å². The summed E-state index contributed by atoms with van der Waals surface area (Å²) in [4.78, 5) is 10.3. The number of hydrogen-bond donors (Lipinski definition) is 1. The van der Waals surface area contributed by atoms with Crippen molar-refractivity contribution in [1.29, 1.82) is 0 Å². The van der Waals surface area contributed by atoms with Gasteiger partial charge in [-0.2, -0.15) is 0 Å². The molecule has 20 heavy (non-hydrogen) atoms. The van der Waals surface area contributed by atoms with Gasteiger partial charge in [0.05, 0.1) is 0 Å². The van der Waals surface area contributed by atoms with Gasteiger partial charge in [0.25, 0.3) is 0 Å². The fraction of sp³-hybridized carbons (Fsp3) is 0.611. The normalized spacial score (nSPS) is 11.2. The third kappa shape index (κ3) is 16.5. The van der Waals surface area contributed by atoms with Crippen LogP contribution in [-0.2, 0) is 4.79 Å². The summed E-state index contributed by atoms with van der Waals surface area (Å²) in [6.45, 7) is 0. The Labute approximate surface area is 124 Å². The average Bonchev–Trinajstić information content (AvgIpc) is 2.43. The van der Waals surface area contributed by atoms with Gasteiger partial charge in [-0.1, -0.05) is 43.6 Å². The number of terminal acetylenes is 1. The number of aliphatic carboxylic acids is 1. The monoisotopic (exact) mass is 276 g/mol. The fourth-order valence-corrected chi connectivity index (χ4v) is 1.90. The summed E-state index contributed by atoms with van der Waals surface area (Å²) in [5.74, 6) is 1.96. The molecule has 0 saturated carbocycles. The molecule has 0 aliphatic rings. The van der Waals surface area contributed by atoms with Gasteiger partial charge in [-0.15, -0.1) is 12.3 Å². The highest BCUT2D eigenvalue weighted by Crippen LogP contribution is 2.07. The van der Waals surface area contributed by atoms with Crippen LogP contribution >= 0.6 is 0 Å². The highest BCUT2D eigenvalue weighted by atomic mass is 16.4. The van der Waals surface area contributed by atoms with E-state index in [1.807, 2.05) is 0 Å². The molecule has 0 saturated heterocycles. The van der Waals surface area contributed by atoms with Crippen LogP contribution in [0.1, 0.15) is 70.6 Å². The van der Waals surface area contributed by atoms with E-state index in [-0.39, 0.29) is 0 Å². The minimum atomic E-state index is -0.680. The van der Waals surface area contributed by atoms with Gasteiger partial charge < -0.3 is 5.11 Å². The molecule has 0 unspecified atom stereocenters. The fourth-order valence-electron chi connectivity index (χ4n) is 1.90. The maximum absolute atomic E-state index is 10.3. The van der Waals surface area contributed by atoms with Gasteiger partial charge in [-0.05, 0) is 38.5 Å². The van der Waals surface area contributed by atoms with Crippen LogP contribution in [0.3, 0.4) is 0 Å². The summed E-state index contributed by atoms with van der Waals surface area (Å²) in [5.41, 5.74) is 0. The Morgan fingerprint density at radius 2 is 1.50 bits per heavy atom. The lowest BCUT2D eigenvalue weighted by Crippen LogP contribution is -1.93. The number of hydrogen-bond acceptors (Lipinski definition) is 1. The molecule has 0 fully saturated rings. The number of unbranched alkanes of at least 4 members (excludes halogenated alkanes) is 7. The van der Waals surface area contributed by atoms with Gasteiger partial charge in [0.1, 0.15) is 0 Å². The zero-order chi connectivity index (χ0) is 14.9. The molecule has 0 aromatic heterocycles. The molecule has 0 aromatic carbocycles. The number of carboxylic acid groups (broad SMARTS) is 1. The van der Waals surface area contributed by atoms with Crippen LogP contribution in [0.15, 0.2) is 24.3 Å². The number of carboxylic acids is 1. The zero-order valence-electron chi connectivity index (χ0n) is 12.5. The lowest BCUT2D eigenvalue weighted by atomic mass is 10.1. The van der Waals surface area contributed by atoms with Crippen molar-refractivity contribution < 1.29 is 9.90 Å². The largest absolute Gasteiger partial charge is 0.481 e. The maximum Gasteiger partial charge on any atom is 0.303 e. The van der Waals surface area contributed by atoms with Gasteiger partial charge >= 0.3 is 5.97 Å². The Morgan fingerprint density at radius 3 is 2.15 bits per heavy atom. The van der Waals surface area contributed by atoms with Crippen molar-refractivity contribution in [3.8, 4) is 12.3 Å². The SMILES string of the molecule is C#CCCC/C=C/C/C=C/CCCCCCCC(=O)O. The Kier molecular flexibility index (Phi) is 14.4. The van der Waals surface area contributed by atoms with Gasteiger partial charge in [-0.3, -0.25) is 4.79 Å². The van der Waals surface area contributed by atoms with E-state index in [0.29, 0.717) is 6.42 Å². The number of allylic oxidation sites excluding steroid dienone is 4. The quantitative estimate of drug-likeness (QED) is 0.288. The summed E-state index contributed by atoms with van der Waals surface area (Å²) < 4.78 is 0. The van der Waals surface area contributed by atoms with Crippen molar-refractivity contribution >= 4 is 5.97 Å². The Bertz CT molecular complexity index is 321. The summed E-state index contributed by atoms with van der Waals surface area (Å²) >= 11 is 0. The molecule has 0 atom stereocenters. The molecule has 1 N–H and O–H groups in total. The predicted molar refractivity (Wildman–Crippen MR) is 85.5 cm³/mol. The first-order chi connectivity index (χ1) is 9.77. The molecule has 0 amide bonds. The lowest BCUT2D eigenvalue weighted by Gasteiger charge is -1.98. The highest BCUT2D eigenvalue weighted by Gasteiger charge is 1.95. The van der Waals surface area contributed by atoms with Crippen molar-refractivity contribution in [2.24, 2.45) is 0 Å². The lowest BCUT2D eigenvalue weighted by molar-refractivity contribution is -0.137. The minimum absolute atomic E-state index is 0.313. The van der Waals surface area contributed by atoms with Gasteiger partial charge in [0.2, 0.25) is 0 Å². The van der Waals surface area contributed by atoms with E-state index >= 15 is 0 Å². The molecule has 112 valence electrons. The molecule has 0 spiro atoms. The van der Waals surface area contributed by atoms with Crippen LogP contribution in [-0.4, -0.2) is 11.1 Å². The highest BCUT2D eigenvalue weighted by molar-refractivity contribution is 5.66. The standard InChI is InChI=1S/C18H28O2/c1-2-3-4-5-6-7-8-9-10-11-12-13-14-15-16-17-18(19)20/h1,6-7,9-10H,3-5,8,11-17H2,(H,19,20)/b7-6+,10-9+. The molecule has 0 radical (unpaired) electrons. The molecule has 0 aliphatic heterocycles. The summed E-state index contributed by atoms with van der Waals surface area (Å²) in [7, 11) is 0. The molecule has 0 rings (SSSR count). The number of carbonyl (C=O) groups is 1. The minimum Gasteiger partial charge on any atom is -0.481 e. The average molecular weight is 276 g/mol. The maximum atomic E-state index is 10.3. The second-order valence-corrected chi connectivity index (χ2v) is 4.98. The molecule has 2 heteroatoms. The smallest absolute Gasteiger partial charge is 0.303 e. The van der Waals surface area contributed by atoms with Crippen LogP contribution in [0.2, 0.25) is 0 Å². The first kappa shape index (κ1) is 18.5. The van der Waals surface area contributed by atoms with E-state index in [1.54, 1.807) is 0 Å². The van der Waals surface area contributed by atoms with Crippen LogP contribution in [0.5, 0.6) is 0 Å². The summed E-state index contributed by atoms with van der Waals surface area (Å²) in [6, 6.07) is 0. The van der Waals surface area contributed by atoms with E-state index < -0.39 is 5.97 Å².